The maximum absolute atomic E-state index is 5.79. The van der Waals surface area contributed by atoms with Crippen LogP contribution in [0.4, 0.5) is 23.1 Å². The number of imidazole rings is 1. The highest BCUT2D eigenvalue weighted by atomic mass is 16.5. The highest BCUT2D eigenvalue weighted by Gasteiger charge is 2.36. The minimum atomic E-state index is 0.0325. The second kappa shape index (κ2) is 6.90. The van der Waals surface area contributed by atoms with E-state index in [1.807, 2.05) is 17.7 Å². The van der Waals surface area contributed by atoms with Crippen LogP contribution in [0.1, 0.15) is 20.3 Å². The number of nitrogen functional groups attached to an aromatic ring is 1. The van der Waals surface area contributed by atoms with E-state index in [1.54, 1.807) is 12.4 Å². The summed E-state index contributed by atoms with van der Waals surface area (Å²) in [6.45, 7) is 5.97. The molecule has 28 heavy (non-hydrogen) atoms. The highest BCUT2D eigenvalue weighted by molar-refractivity contribution is 5.90. The molecule has 1 unspecified atom stereocenters. The summed E-state index contributed by atoms with van der Waals surface area (Å²) in [7, 11) is 4.03. The minimum Gasteiger partial charge on any atom is -0.384 e. The number of anilines is 4. The fourth-order valence-electron chi connectivity index (χ4n) is 3.83. The quantitative estimate of drug-likeness (QED) is 0.708. The van der Waals surface area contributed by atoms with Crippen molar-refractivity contribution in [2.75, 3.05) is 36.2 Å². The number of hydrogen-bond acceptors (Lipinski definition) is 8. The Bertz CT molecular complexity index is 999. The molecule has 1 saturated heterocycles. The predicted molar refractivity (Wildman–Crippen MR) is 110 cm³/mol. The lowest BCUT2D eigenvalue weighted by molar-refractivity contribution is -0.00343. The molecule has 3 N–H and O–H groups in total. The number of ether oxygens (including phenoxy) is 1. The smallest absolute Gasteiger partial charge is 0.164 e. The zero-order valence-corrected chi connectivity index (χ0v) is 16.7. The molecule has 0 bridgehead atoms. The van der Waals surface area contributed by atoms with Gasteiger partial charge in [-0.3, -0.25) is 0 Å². The molecule has 9 heteroatoms. The van der Waals surface area contributed by atoms with Gasteiger partial charge in [-0.25, -0.2) is 19.9 Å². The molecule has 1 atom stereocenters. The van der Waals surface area contributed by atoms with E-state index in [2.05, 4.69) is 46.1 Å². The number of nitrogens with zero attached hydrogens (tertiary/aromatic N) is 6. The lowest BCUT2D eigenvalue weighted by Gasteiger charge is -2.44. The number of aromatic nitrogens is 5. The lowest BCUT2D eigenvalue weighted by Crippen LogP contribution is -2.49. The van der Waals surface area contributed by atoms with Crippen LogP contribution in [0.2, 0.25) is 0 Å². The van der Waals surface area contributed by atoms with Crippen LogP contribution in [-0.2, 0) is 11.8 Å². The second-order valence-electron chi connectivity index (χ2n) is 7.97. The third-order valence-corrected chi connectivity index (χ3v) is 5.35. The molecular weight excluding hydrogens is 356 g/mol. The Hall–Kier alpha value is -2.94. The largest absolute Gasteiger partial charge is 0.384 e. The summed E-state index contributed by atoms with van der Waals surface area (Å²) in [5.41, 5.74) is 8.24. The molecule has 148 valence electrons. The normalized spacial score (nSPS) is 18.9. The predicted octanol–water partition coefficient (Wildman–Crippen LogP) is 2.34. The molecule has 0 amide bonds. The first-order valence-electron chi connectivity index (χ1n) is 9.32. The lowest BCUT2D eigenvalue weighted by atomic mass is 9.81. The van der Waals surface area contributed by atoms with Crippen molar-refractivity contribution in [3.8, 4) is 0 Å². The Morgan fingerprint density at radius 3 is 2.86 bits per heavy atom. The van der Waals surface area contributed by atoms with E-state index in [0.29, 0.717) is 17.7 Å². The molecule has 1 fully saturated rings. The number of nitrogens with one attached hydrogen (secondary N) is 1. The van der Waals surface area contributed by atoms with Gasteiger partial charge in [0.15, 0.2) is 5.65 Å². The molecule has 1 aliphatic heterocycles. The topological polar surface area (TPSA) is 107 Å². The van der Waals surface area contributed by atoms with Crippen LogP contribution in [0, 0.1) is 5.41 Å². The number of hydrogen-bond donors (Lipinski definition) is 2. The van der Waals surface area contributed by atoms with Gasteiger partial charge in [0, 0.05) is 44.3 Å². The summed E-state index contributed by atoms with van der Waals surface area (Å²) in [5.74, 6) is 1.90. The molecule has 0 saturated carbocycles. The van der Waals surface area contributed by atoms with Crippen molar-refractivity contribution < 1.29 is 4.74 Å². The van der Waals surface area contributed by atoms with Gasteiger partial charge in [0.2, 0.25) is 0 Å². The average Bonchev–Trinajstić information content (AvgIpc) is 3.02. The van der Waals surface area contributed by atoms with E-state index >= 15 is 0 Å². The monoisotopic (exact) mass is 382 g/mol. The fraction of sp³-hybridized carbons (Fsp3) is 0.474. The summed E-state index contributed by atoms with van der Waals surface area (Å²) in [4.78, 5) is 19.8. The van der Waals surface area contributed by atoms with Crippen molar-refractivity contribution in [2.24, 2.45) is 12.5 Å². The molecular formula is C19H26N8O. The van der Waals surface area contributed by atoms with Crippen molar-refractivity contribution in [3.05, 3.63) is 24.8 Å². The Balaban J connectivity index is 1.76. The summed E-state index contributed by atoms with van der Waals surface area (Å²) in [6, 6.07) is 4.03. The summed E-state index contributed by atoms with van der Waals surface area (Å²) in [5, 5.41) is 3.32. The van der Waals surface area contributed by atoms with E-state index in [4.69, 9.17) is 15.5 Å². The van der Waals surface area contributed by atoms with E-state index in [-0.39, 0.29) is 5.41 Å². The number of rotatable bonds is 4. The Labute approximate surface area is 164 Å². The van der Waals surface area contributed by atoms with Crippen molar-refractivity contribution in [1.82, 2.24) is 24.5 Å². The van der Waals surface area contributed by atoms with Gasteiger partial charge in [-0.1, -0.05) is 13.8 Å². The zero-order chi connectivity index (χ0) is 19.9. The summed E-state index contributed by atoms with van der Waals surface area (Å²) >= 11 is 0. The summed E-state index contributed by atoms with van der Waals surface area (Å²) < 4.78 is 7.61. The molecule has 0 spiro atoms. The zero-order valence-electron chi connectivity index (χ0n) is 16.7. The van der Waals surface area contributed by atoms with Crippen LogP contribution >= 0.6 is 0 Å². The summed E-state index contributed by atoms with van der Waals surface area (Å²) in [6.07, 6.45) is 4.16. The van der Waals surface area contributed by atoms with Crippen molar-refractivity contribution in [3.63, 3.8) is 0 Å². The van der Waals surface area contributed by atoms with Crippen LogP contribution in [0.5, 0.6) is 0 Å². The Morgan fingerprint density at radius 2 is 2.11 bits per heavy atom. The molecule has 0 aromatic carbocycles. The van der Waals surface area contributed by atoms with Crippen LogP contribution in [0.3, 0.4) is 0 Å². The van der Waals surface area contributed by atoms with E-state index in [1.165, 1.54) is 6.33 Å². The van der Waals surface area contributed by atoms with Crippen molar-refractivity contribution >= 4 is 34.3 Å². The highest BCUT2D eigenvalue weighted by Crippen LogP contribution is 2.35. The number of fused-ring (bicyclic) bond motifs is 1. The molecule has 4 rings (SSSR count). The van der Waals surface area contributed by atoms with Gasteiger partial charge in [0.05, 0.1) is 18.6 Å². The maximum Gasteiger partial charge on any atom is 0.164 e. The van der Waals surface area contributed by atoms with Gasteiger partial charge in [0.1, 0.15) is 29.3 Å². The van der Waals surface area contributed by atoms with Crippen LogP contribution in [0.25, 0.3) is 11.2 Å². The van der Waals surface area contributed by atoms with Gasteiger partial charge < -0.3 is 25.3 Å². The standard InChI is InChI=1S/C19H26N8O/c1-19(2)9-28-6-5-13(19)27(4)16-7-12(17-18(25-16)26(3)11-23-17)24-15-8-14(20)21-10-22-15/h7-8,10-11,13H,5-6,9H2,1-4H3,(H3,20,21,22,24,25). The van der Waals surface area contributed by atoms with Gasteiger partial charge in [-0.15, -0.1) is 0 Å². The van der Waals surface area contributed by atoms with Crippen molar-refractivity contribution in [2.45, 2.75) is 26.3 Å². The Morgan fingerprint density at radius 1 is 1.29 bits per heavy atom. The maximum atomic E-state index is 5.79. The molecule has 4 heterocycles. The molecule has 1 aliphatic rings. The van der Waals surface area contributed by atoms with Gasteiger partial charge in [0.25, 0.3) is 0 Å². The Kier molecular flexibility index (Phi) is 4.54. The number of nitrogens with two attached hydrogens (primary N) is 1. The van der Waals surface area contributed by atoms with E-state index in [0.717, 1.165) is 42.3 Å². The van der Waals surface area contributed by atoms with E-state index < -0.39 is 0 Å². The van der Waals surface area contributed by atoms with Crippen LogP contribution in [-0.4, -0.2) is 50.8 Å². The van der Waals surface area contributed by atoms with Gasteiger partial charge in [-0.2, -0.15) is 0 Å². The molecule has 9 nitrogen and oxygen atoms in total. The van der Waals surface area contributed by atoms with Crippen molar-refractivity contribution in [1.29, 1.82) is 0 Å². The number of aryl methyl sites for hydroxylation is 1. The molecule has 0 radical (unpaired) electrons. The third-order valence-electron chi connectivity index (χ3n) is 5.35. The molecule has 3 aromatic heterocycles. The van der Waals surface area contributed by atoms with Gasteiger partial charge in [-0.05, 0) is 6.42 Å². The number of pyridine rings is 1. The first kappa shape index (κ1) is 18.4. The minimum absolute atomic E-state index is 0.0325. The first-order valence-corrected chi connectivity index (χ1v) is 9.32. The average molecular weight is 382 g/mol. The molecule has 3 aromatic rings. The molecule has 0 aliphatic carbocycles. The fourth-order valence-corrected chi connectivity index (χ4v) is 3.83. The first-order chi connectivity index (χ1) is 13.3. The SMILES string of the molecule is CN(c1cc(Nc2cc(N)ncn2)c2ncn(C)c2n1)C1CCOCC1(C)C. The van der Waals surface area contributed by atoms with Gasteiger partial charge >= 0.3 is 0 Å². The van der Waals surface area contributed by atoms with E-state index in [9.17, 15) is 0 Å². The second-order valence-corrected chi connectivity index (χ2v) is 7.97. The van der Waals surface area contributed by atoms with Crippen LogP contribution < -0.4 is 16.0 Å². The van der Waals surface area contributed by atoms with Crippen LogP contribution in [0.15, 0.2) is 24.8 Å². The third kappa shape index (κ3) is 3.33.